The molecule has 0 fully saturated rings. The van der Waals surface area contributed by atoms with E-state index in [-0.39, 0.29) is 12.8 Å². The predicted molar refractivity (Wildman–Crippen MR) is 50.8 cm³/mol. The molecule has 0 spiro atoms. The molecule has 1 aromatic rings. The molecule has 0 saturated heterocycles. The molecular formula is C12H12F2. The fourth-order valence-electron chi connectivity index (χ4n) is 2.68. The molecule has 0 aromatic heterocycles. The van der Waals surface area contributed by atoms with Crippen molar-refractivity contribution in [2.24, 2.45) is 0 Å². The van der Waals surface area contributed by atoms with E-state index in [1.807, 2.05) is 12.1 Å². The van der Waals surface area contributed by atoms with Crippen LogP contribution in [0, 0.1) is 0 Å². The lowest BCUT2D eigenvalue weighted by molar-refractivity contribution is 0.0130. The van der Waals surface area contributed by atoms with E-state index in [9.17, 15) is 8.78 Å². The number of halogens is 2. The molecule has 2 heteroatoms. The van der Waals surface area contributed by atoms with Crippen LogP contribution in [0.2, 0.25) is 0 Å². The van der Waals surface area contributed by atoms with Crippen LogP contribution in [0.1, 0.15) is 28.7 Å². The van der Waals surface area contributed by atoms with Crippen molar-refractivity contribution >= 4 is 0 Å². The van der Waals surface area contributed by atoms with Gasteiger partial charge in [-0.3, -0.25) is 0 Å². The third-order valence-corrected chi connectivity index (χ3v) is 3.31. The van der Waals surface area contributed by atoms with Gasteiger partial charge in [0.1, 0.15) is 0 Å². The second kappa shape index (κ2) is 2.56. The fourth-order valence-corrected chi connectivity index (χ4v) is 2.68. The molecule has 0 radical (unpaired) electrons. The Morgan fingerprint density at radius 2 is 1.36 bits per heavy atom. The second-order valence-electron chi connectivity index (χ2n) is 4.45. The molecule has 0 amide bonds. The summed E-state index contributed by atoms with van der Waals surface area (Å²) < 4.78 is 26.2. The Kier molecular flexibility index (Phi) is 1.53. The molecule has 74 valence electrons. The maximum absolute atomic E-state index is 13.1. The smallest absolute Gasteiger partial charge is 0.206 e. The first-order valence-corrected chi connectivity index (χ1v) is 5.15. The largest absolute Gasteiger partial charge is 0.256 e. The van der Waals surface area contributed by atoms with Crippen molar-refractivity contribution in [2.75, 3.05) is 0 Å². The van der Waals surface area contributed by atoms with Gasteiger partial charge in [-0.2, -0.15) is 0 Å². The van der Waals surface area contributed by atoms with Crippen molar-refractivity contribution in [1.82, 2.24) is 0 Å². The van der Waals surface area contributed by atoms with Crippen LogP contribution in [0.15, 0.2) is 12.1 Å². The molecule has 0 aliphatic heterocycles. The van der Waals surface area contributed by atoms with Crippen LogP contribution in [-0.2, 0) is 25.7 Å². The van der Waals surface area contributed by atoms with Gasteiger partial charge in [0.25, 0.3) is 5.92 Å². The molecule has 0 N–H and O–H groups in total. The summed E-state index contributed by atoms with van der Waals surface area (Å²) in [6.45, 7) is 0. The Bertz CT molecular complexity index is 359. The first-order valence-electron chi connectivity index (χ1n) is 5.15. The molecule has 0 atom stereocenters. The van der Waals surface area contributed by atoms with Gasteiger partial charge in [0, 0.05) is 12.8 Å². The van der Waals surface area contributed by atoms with Crippen LogP contribution >= 0.6 is 0 Å². The third-order valence-electron chi connectivity index (χ3n) is 3.31. The maximum atomic E-state index is 13.1. The average Bonchev–Trinajstić information content (AvgIpc) is 2.59. The molecule has 0 saturated carbocycles. The highest BCUT2D eigenvalue weighted by Gasteiger charge is 2.37. The van der Waals surface area contributed by atoms with Gasteiger partial charge in [0.05, 0.1) is 0 Å². The molecule has 2 aliphatic carbocycles. The summed E-state index contributed by atoms with van der Waals surface area (Å²) in [4.78, 5) is 0. The van der Waals surface area contributed by atoms with Crippen molar-refractivity contribution in [3.8, 4) is 0 Å². The summed E-state index contributed by atoms with van der Waals surface area (Å²) in [5.74, 6) is -2.49. The van der Waals surface area contributed by atoms with E-state index in [0.29, 0.717) is 0 Å². The highest BCUT2D eigenvalue weighted by molar-refractivity contribution is 5.44. The van der Waals surface area contributed by atoms with Gasteiger partial charge in [0.15, 0.2) is 0 Å². The van der Waals surface area contributed by atoms with E-state index in [1.54, 1.807) is 0 Å². The monoisotopic (exact) mass is 194 g/mol. The van der Waals surface area contributed by atoms with Gasteiger partial charge in [-0.05, 0) is 41.5 Å². The topological polar surface area (TPSA) is 0 Å². The molecule has 0 unspecified atom stereocenters. The molecule has 1 aromatic carbocycles. The van der Waals surface area contributed by atoms with Crippen molar-refractivity contribution in [3.05, 3.63) is 34.4 Å². The van der Waals surface area contributed by atoms with Crippen LogP contribution in [0.3, 0.4) is 0 Å². The second-order valence-corrected chi connectivity index (χ2v) is 4.45. The molecule has 2 aliphatic rings. The molecule has 0 bridgehead atoms. The Morgan fingerprint density at radius 3 is 1.86 bits per heavy atom. The Labute approximate surface area is 81.9 Å². The Morgan fingerprint density at radius 1 is 0.857 bits per heavy atom. The van der Waals surface area contributed by atoms with E-state index in [4.69, 9.17) is 0 Å². The van der Waals surface area contributed by atoms with E-state index < -0.39 is 5.92 Å². The number of rotatable bonds is 0. The van der Waals surface area contributed by atoms with Gasteiger partial charge < -0.3 is 0 Å². The van der Waals surface area contributed by atoms with Crippen LogP contribution in [0.4, 0.5) is 8.78 Å². The lowest BCUT2D eigenvalue weighted by Crippen LogP contribution is -2.14. The van der Waals surface area contributed by atoms with Gasteiger partial charge in [0.2, 0.25) is 0 Å². The van der Waals surface area contributed by atoms with E-state index in [0.717, 1.165) is 24.0 Å². The SMILES string of the molecule is FC1(F)Cc2cc3c(cc2C1)CCC3. The average molecular weight is 194 g/mol. The van der Waals surface area contributed by atoms with Crippen molar-refractivity contribution in [2.45, 2.75) is 38.0 Å². The molecule has 0 heterocycles. The fraction of sp³-hybridized carbons (Fsp3) is 0.500. The highest BCUT2D eigenvalue weighted by Crippen LogP contribution is 2.37. The third kappa shape index (κ3) is 1.17. The van der Waals surface area contributed by atoms with Crippen LogP contribution in [0.5, 0.6) is 0 Å². The lowest BCUT2D eigenvalue weighted by Gasteiger charge is -2.04. The summed E-state index contributed by atoms with van der Waals surface area (Å²) in [5, 5.41) is 0. The van der Waals surface area contributed by atoms with Gasteiger partial charge >= 0.3 is 0 Å². The number of hydrogen-bond acceptors (Lipinski definition) is 0. The molecule has 0 nitrogen and oxygen atoms in total. The summed E-state index contributed by atoms with van der Waals surface area (Å²) in [6, 6.07) is 4.02. The predicted octanol–water partition coefficient (Wildman–Crippen LogP) is 2.91. The summed E-state index contributed by atoms with van der Waals surface area (Å²) >= 11 is 0. The zero-order valence-electron chi connectivity index (χ0n) is 7.95. The zero-order valence-corrected chi connectivity index (χ0v) is 7.95. The van der Waals surface area contributed by atoms with E-state index >= 15 is 0 Å². The summed E-state index contributed by atoms with van der Waals surface area (Å²) in [7, 11) is 0. The van der Waals surface area contributed by atoms with Gasteiger partial charge in [-0.25, -0.2) is 8.78 Å². The van der Waals surface area contributed by atoms with Crippen molar-refractivity contribution in [3.63, 3.8) is 0 Å². The number of aryl methyl sites for hydroxylation is 2. The normalized spacial score (nSPS) is 22.1. The summed E-state index contributed by atoms with van der Waals surface area (Å²) in [6.07, 6.45) is 3.25. The van der Waals surface area contributed by atoms with Crippen LogP contribution in [0.25, 0.3) is 0 Å². The molecular weight excluding hydrogens is 182 g/mol. The first kappa shape index (κ1) is 8.39. The number of fused-ring (bicyclic) bond motifs is 2. The number of benzene rings is 1. The van der Waals surface area contributed by atoms with Crippen molar-refractivity contribution in [1.29, 1.82) is 0 Å². The quantitative estimate of drug-likeness (QED) is 0.595. The number of alkyl halides is 2. The van der Waals surface area contributed by atoms with E-state index in [2.05, 4.69) is 0 Å². The highest BCUT2D eigenvalue weighted by atomic mass is 19.3. The van der Waals surface area contributed by atoms with Crippen molar-refractivity contribution < 1.29 is 8.78 Å². The Balaban J connectivity index is 2.08. The van der Waals surface area contributed by atoms with E-state index in [1.165, 1.54) is 17.5 Å². The van der Waals surface area contributed by atoms with Crippen LogP contribution in [-0.4, -0.2) is 5.92 Å². The minimum atomic E-state index is -2.49. The summed E-state index contributed by atoms with van der Waals surface area (Å²) in [5.41, 5.74) is 4.38. The van der Waals surface area contributed by atoms with Crippen LogP contribution < -0.4 is 0 Å². The Hall–Kier alpha value is -0.920. The standard InChI is InChI=1S/C12H12F2/c13-12(14)6-10-4-8-2-1-3-9(8)5-11(10)7-12/h4-5H,1-3,6-7H2. The van der Waals surface area contributed by atoms with Gasteiger partial charge in [-0.1, -0.05) is 12.1 Å². The van der Waals surface area contributed by atoms with Gasteiger partial charge in [-0.15, -0.1) is 0 Å². The molecule has 14 heavy (non-hydrogen) atoms. The lowest BCUT2D eigenvalue weighted by atomic mass is 10.0. The maximum Gasteiger partial charge on any atom is 0.256 e. The zero-order chi connectivity index (χ0) is 9.76. The first-order chi connectivity index (χ1) is 6.64. The number of hydrogen-bond donors (Lipinski definition) is 0. The minimum absolute atomic E-state index is 0.0460. The minimum Gasteiger partial charge on any atom is -0.206 e. The molecule has 3 rings (SSSR count).